The SMILES string of the molecule is CC1CC12C(=O)N(c1ccc(OC(F)(F)F)cc1)C(=O)N2c1ccncc1Cl. The molecule has 0 radical (unpaired) electrons. The van der Waals surface area contributed by atoms with Crippen molar-refractivity contribution < 1.29 is 27.5 Å². The Morgan fingerprint density at radius 2 is 1.86 bits per heavy atom. The van der Waals surface area contributed by atoms with Gasteiger partial charge in [0.1, 0.15) is 11.3 Å². The zero-order valence-corrected chi connectivity index (χ0v) is 15.2. The summed E-state index contributed by atoms with van der Waals surface area (Å²) in [4.78, 5) is 32.4. The molecule has 1 saturated carbocycles. The summed E-state index contributed by atoms with van der Waals surface area (Å²) in [6, 6.07) is 5.49. The number of hydrogen-bond acceptors (Lipinski definition) is 4. The normalized spacial score (nSPS) is 24.2. The molecule has 6 nitrogen and oxygen atoms in total. The van der Waals surface area contributed by atoms with Crippen molar-refractivity contribution in [2.75, 3.05) is 9.80 Å². The Labute approximate surface area is 162 Å². The van der Waals surface area contributed by atoms with Gasteiger partial charge in [-0.15, -0.1) is 13.2 Å². The van der Waals surface area contributed by atoms with E-state index in [0.29, 0.717) is 12.1 Å². The molecule has 28 heavy (non-hydrogen) atoms. The van der Waals surface area contributed by atoms with Crippen LogP contribution < -0.4 is 14.5 Å². The number of urea groups is 1. The first-order valence-corrected chi connectivity index (χ1v) is 8.67. The average molecular weight is 412 g/mol. The third-order valence-electron chi connectivity index (χ3n) is 4.95. The summed E-state index contributed by atoms with van der Waals surface area (Å²) in [5.41, 5.74) is -0.544. The summed E-state index contributed by atoms with van der Waals surface area (Å²) < 4.78 is 40.8. The number of nitrogens with zero attached hydrogens (tertiary/aromatic N) is 3. The Balaban J connectivity index is 1.71. The number of anilines is 2. The van der Waals surface area contributed by atoms with E-state index in [0.717, 1.165) is 17.0 Å². The third-order valence-corrected chi connectivity index (χ3v) is 5.24. The lowest BCUT2D eigenvalue weighted by molar-refractivity contribution is -0.274. The predicted molar refractivity (Wildman–Crippen MR) is 94.2 cm³/mol. The molecule has 1 aliphatic heterocycles. The number of hydrogen-bond donors (Lipinski definition) is 0. The van der Waals surface area contributed by atoms with Crippen LogP contribution in [0.25, 0.3) is 0 Å². The number of imide groups is 1. The number of halogens is 4. The minimum absolute atomic E-state index is 0.0917. The Bertz CT molecular complexity index is 967. The van der Waals surface area contributed by atoms with Crippen LogP contribution in [0.3, 0.4) is 0 Å². The molecule has 1 aromatic carbocycles. The van der Waals surface area contributed by atoms with E-state index in [4.69, 9.17) is 11.6 Å². The molecular formula is C18H13ClF3N3O3. The second-order valence-corrected chi connectivity index (χ2v) is 7.06. The van der Waals surface area contributed by atoms with Crippen LogP contribution >= 0.6 is 11.6 Å². The van der Waals surface area contributed by atoms with Gasteiger partial charge < -0.3 is 4.74 Å². The zero-order chi connectivity index (χ0) is 20.3. The molecule has 3 amide bonds. The number of carbonyl (C=O) groups excluding carboxylic acids is 2. The van der Waals surface area contributed by atoms with Gasteiger partial charge >= 0.3 is 12.4 Å². The van der Waals surface area contributed by atoms with Crippen molar-refractivity contribution in [1.82, 2.24) is 4.98 Å². The van der Waals surface area contributed by atoms with E-state index >= 15 is 0 Å². The minimum atomic E-state index is -4.83. The Hall–Kier alpha value is -2.81. The molecule has 1 spiro atoms. The molecule has 1 saturated heterocycles. The lowest BCUT2D eigenvalue weighted by atomic mass is 10.1. The summed E-state index contributed by atoms with van der Waals surface area (Å²) in [5, 5.41) is 0.220. The van der Waals surface area contributed by atoms with Crippen LogP contribution in [0.1, 0.15) is 13.3 Å². The Morgan fingerprint density at radius 1 is 1.21 bits per heavy atom. The second-order valence-electron chi connectivity index (χ2n) is 6.66. The van der Waals surface area contributed by atoms with E-state index in [2.05, 4.69) is 9.72 Å². The van der Waals surface area contributed by atoms with Gasteiger partial charge in [-0.25, -0.2) is 9.69 Å². The van der Waals surface area contributed by atoms with Gasteiger partial charge in [-0.1, -0.05) is 18.5 Å². The average Bonchev–Trinajstić information content (AvgIpc) is 3.23. The van der Waals surface area contributed by atoms with E-state index < -0.39 is 29.6 Å². The predicted octanol–water partition coefficient (Wildman–Crippen LogP) is 4.39. The molecule has 0 bridgehead atoms. The number of aromatic nitrogens is 1. The smallest absolute Gasteiger partial charge is 0.406 e. The number of rotatable bonds is 3. The van der Waals surface area contributed by atoms with Crippen molar-refractivity contribution in [3.8, 4) is 5.75 Å². The first-order chi connectivity index (χ1) is 13.1. The van der Waals surface area contributed by atoms with Gasteiger partial charge in [-0.05, 0) is 42.7 Å². The van der Waals surface area contributed by atoms with Gasteiger partial charge in [0.25, 0.3) is 5.91 Å². The van der Waals surface area contributed by atoms with Crippen LogP contribution in [0.15, 0.2) is 42.7 Å². The first kappa shape index (κ1) is 18.5. The van der Waals surface area contributed by atoms with E-state index in [9.17, 15) is 22.8 Å². The monoisotopic (exact) mass is 411 g/mol. The molecule has 2 heterocycles. The Morgan fingerprint density at radius 3 is 2.39 bits per heavy atom. The summed E-state index contributed by atoms with van der Waals surface area (Å²) in [6.45, 7) is 1.84. The van der Waals surface area contributed by atoms with Crippen LogP contribution in [0.4, 0.5) is 29.3 Å². The van der Waals surface area contributed by atoms with Crippen LogP contribution in [0.5, 0.6) is 5.75 Å². The van der Waals surface area contributed by atoms with Gasteiger partial charge in [0.05, 0.1) is 16.4 Å². The highest BCUT2D eigenvalue weighted by Crippen LogP contribution is 2.56. The van der Waals surface area contributed by atoms with Gasteiger partial charge in [0.15, 0.2) is 0 Å². The number of amides is 3. The molecule has 2 atom stereocenters. The van der Waals surface area contributed by atoms with Crippen molar-refractivity contribution in [3.05, 3.63) is 47.7 Å². The summed E-state index contributed by atoms with van der Waals surface area (Å²) in [7, 11) is 0. The molecule has 10 heteroatoms. The lowest BCUT2D eigenvalue weighted by Crippen LogP contribution is -2.39. The molecular weight excluding hydrogens is 399 g/mol. The topological polar surface area (TPSA) is 62.7 Å². The number of alkyl halides is 3. The van der Waals surface area contributed by atoms with Crippen LogP contribution in [-0.4, -0.2) is 28.8 Å². The standard InChI is InChI=1S/C18H13ClF3N3O3/c1-10-8-17(10)15(26)24(11-2-4-12(5-3-11)28-18(20,21)22)16(27)25(17)14-6-7-23-9-13(14)19/h2-7,9-10H,8H2,1H3. The fraction of sp³-hybridized carbons (Fsp3) is 0.278. The van der Waals surface area contributed by atoms with E-state index in [1.807, 2.05) is 6.92 Å². The summed E-state index contributed by atoms with van der Waals surface area (Å²) in [6.07, 6.45) is -1.53. The minimum Gasteiger partial charge on any atom is -0.406 e. The van der Waals surface area contributed by atoms with Gasteiger partial charge in [-0.3, -0.25) is 14.7 Å². The molecule has 0 N–H and O–H groups in total. The van der Waals surface area contributed by atoms with Crippen molar-refractivity contribution >= 4 is 34.9 Å². The first-order valence-electron chi connectivity index (χ1n) is 8.29. The number of benzene rings is 1. The molecule has 2 fully saturated rings. The van der Waals surface area contributed by atoms with E-state index in [1.54, 1.807) is 6.07 Å². The maximum Gasteiger partial charge on any atom is 0.573 e. The molecule has 2 aromatic rings. The lowest BCUT2D eigenvalue weighted by Gasteiger charge is -2.23. The van der Waals surface area contributed by atoms with Crippen molar-refractivity contribution in [3.63, 3.8) is 0 Å². The fourth-order valence-electron chi connectivity index (χ4n) is 3.56. The summed E-state index contributed by atoms with van der Waals surface area (Å²) >= 11 is 6.19. The second kappa shape index (κ2) is 6.10. The molecule has 1 aliphatic carbocycles. The quantitative estimate of drug-likeness (QED) is 0.703. The number of carbonyl (C=O) groups is 2. The van der Waals surface area contributed by atoms with Gasteiger partial charge in [0.2, 0.25) is 0 Å². The van der Waals surface area contributed by atoms with Crippen molar-refractivity contribution in [2.45, 2.75) is 25.2 Å². The molecule has 2 aliphatic rings. The van der Waals surface area contributed by atoms with Crippen LogP contribution in [0, 0.1) is 5.92 Å². The van der Waals surface area contributed by atoms with Gasteiger partial charge in [0, 0.05) is 12.4 Å². The largest absolute Gasteiger partial charge is 0.573 e. The fourth-order valence-corrected chi connectivity index (χ4v) is 3.76. The van der Waals surface area contributed by atoms with E-state index in [-0.39, 0.29) is 16.6 Å². The third kappa shape index (κ3) is 2.77. The highest BCUT2D eigenvalue weighted by Gasteiger charge is 2.70. The molecule has 4 rings (SSSR count). The highest BCUT2D eigenvalue weighted by molar-refractivity contribution is 6.37. The number of pyridine rings is 1. The van der Waals surface area contributed by atoms with Crippen molar-refractivity contribution in [2.24, 2.45) is 5.92 Å². The van der Waals surface area contributed by atoms with E-state index in [1.165, 1.54) is 29.4 Å². The van der Waals surface area contributed by atoms with Crippen molar-refractivity contribution in [1.29, 1.82) is 0 Å². The maximum absolute atomic E-state index is 13.1. The van der Waals surface area contributed by atoms with Gasteiger partial charge in [-0.2, -0.15) is 0 Å². The maximum atomic E-state index is 13.1. The Kier molecular flexibility index (Phi) is 4.04. The van der Waals surface area contributed by atoms with Crippen LogP contribution in [-0.2, 0) is 4.79 Å². The van der Waals surface area contributed by atoms with Crippen LogP contribution in [0.2, 0.25) is 5.02 Å². The number of ether oxygens (including phenoxy) is 1. The molecule has 146 valence electrons. The molecule has 2 unspecified atom stereocenters. The highest BCUT2D eigenvalue weighted by atomic mass is 35.5. The summed E-state index contributed by atoms with van der Waals surface area (Å²) in [5.74, 6) is -0.979. The zero-order valence-electron chi connectivity index (χ0n) is 14.4. The molecule has 1 aromatic heterocycles.